The topological polar surface area (TPSA) is 35.5 Å². The first-order valence-corrected chi connectivity index (χ1v) is 4.90. The SMILES string of the molecule is COC(CCc1cccc(C=O)c1)OC. The Morgan fingerprint density at radius 3 is 2.67 bits per heavy atom. The predicted octanol–water partition coefficient (Wildman–Crippen LogP) is 2.05. The van der Waals surface area contributed by atoms with Crippen molar-refractivity contribution in [2.24, 2.45) is 0 Å². The average Bonchev–Trinajstić information content (AvgIpc) is 2.31. The second-order valence-electron chi connectivity index (χ2n) is 3.30. The molecule has 0 aliphatic heterocycles. The molecule has 0 amide bonds. The number of methoxy groups -OCH3 is 2. The third-order valence-corrected chi connectivity index (χ3v) is 2.28. The van der Waals surface area contributed by atoms with Crippen LogP contribution in [0.5, 0.6) is 0 Å². The van der Waals surface area contributed by atoms with E-state index in [0.717, 1.165) is 24.7 Å². The van der Waals surface area contributed by atoms with E-state index >= 15 is 0 Å². The molecule has 0 spiro atoms. The molecule has 1 aromatic carbocycles. The molecule has 0 bridgehead atoms. The van der Waals surface area contributed by atoms with Crippen LogP contribution in [0, 0.1) is 0 Å². The molecule has 0 saturated heterocycles. The van der Waals surface area contributed by atoms with Crippen LogP contribution in [0.1, 0.15) is 22.3 Å². The normalized spacial score (nSPS) is 10.6. The monoisotopic (exact) mass is 208 g/mol. The van der Waals surface area contributed by atoms with Gasteiger partial charge < -0.3 is 9.47 Å². The minimum Gasteiger partial charge on any atom is -0.356 e. The van der Waals surface area contributed by atoms with Crippen LogP contribution in [-0.4, -0.2) is 26.8 Å². The van der Waals surface area contributed by atoms with Gasteiger partial charge >= 0.3 is 0 Å². The molecule has 0 aromatic heterocycles. The summed E-state index contributed by atoms with van der Waals surface area (Å²) in [5.74, 6) is 0. The summed E-state index contributed by atoms with van der Waals surface area (Å²) in [6.45, 7) is 0. The molecule has 1 rings (SSSR count). The maximum Gasteiger partial charge on any atom is 0.157 e. The van der Waals surface area contributed by atoms with Crippen molar-refractivity contribution in [1.82, 2.24) is 0 Å². The highest BCUT2D eigenvalue weighted by atomic mass is 16.7. The van der Waals surface area contributed by atoms with Crippen LogP contribution in [0.15, 0.2) is 24.3 Å². The fourth-order valence-electron chi connectivity index (χ4n) is 1.44. The van der Waals surface area contributed by atoms with Crippen LogP contribution in [0.2, 0.25) is 0 Å². The molecule has 0 aliphatic rings. The minimum atomic E-state index is -0.176. The largest absolute Gasteiger partial charge is 0.356 e. The highest BCUT2D eigenvalue weighted by Crippen LogP contribution is 2.09. The number of rotatable bonds is 6. The molecule has 82 valence electrons. The lowest BCUT2D eigenvalue weighted by Gasteiger charge is -2.12. The molecule has 0 unspecified atom stereocenters. The highest BCUT2D eigenvalue weighted by Gasteiger charge is 2.05. The van der Waals surface area contributed by atoms with Gasteiger partial charge in [0.2, 0.25) is 0 Å². The number of ether oxygens (including phenoxy) is 2. The summed E-state index contributed by atoms with van der Waals surface area (Å²) in [5, 5.41) is 0. The van der Waals surface area contributed by atoms with Crippen molar-refractivity contribution in [3.05, 3.63) is 35.4 Å². The van der Waals surface area contributed by atoms with Gasteiger partial charge in [0.05, 0.1) is 0 Å². The first-order valence-electron chi connectivity index (χ1n) is 4.90. The predicted molar refractivity (Wildman–Crippen MR) is 58.0 cm³/mol. The van der Waals surface area contributed by atoms with Gasteiger partial charge in [-0.3, -0.25) is 4.79 Å². The van der Waals surface area contributed by atoms with Gasteiger partial charge in [-0.1, -0.05) is 18.2 Å². The molecule has 0 N–H and O–H groups in total. The van der Waals surface area contributed by atoms with Crippen LogP contribution >= 0.6 is 0 Å². The quantitative estimate of drug-likeness (QED) is 0.530. The summed E-state index contributed by atoms with van der Waals surface area (Å²) in [5.41, 5.74) is 1.83. The van der Waals surface area contributed by atoms with E-state index in [4.69, 9.17) is 9.47 Å². The van der Waals surface area contributed by atoms with Crippen LogP contribution in [0.3, 0.4) is 0 Å². The van der Waals surface area contributed by atoms with Crippen LogP contribution in [0.4, 0.5) is 0 Å². The Balaban J connectivity index is 2.53. The zero-order chi connectivity index (χ0) is 11.1. The van der Waals surface area contributed by atoms with Crippen LogP contribution < -0.4 is 0 Å². The molecule has 1 aromatic rings. The Hall–Kier alpha value is -1.19. The lowest BCUT2D eigenvalue weighted by molar-refractivity contribution is -0.105. The van der Waals surface area contributed by atoms with Gasteiger partial charge in [-0.15, -0.1) is 0 Å². The van der Waals surface area contributed by atoms with Crippen LogP contribution in [0.25, 0.3) is 0 Å². The maximum absolute atomic E-state index is 10.6. The molecular weight excluding hydrogens is 192 g/mol. The van der Waals surface area contributed by atoms with Gasteiger partial charge in [-0.05, 0) is 18.1 Å². The first-order chi connectivity index (χ1) is 7.30. The molecule has 0 fully saturated rings. The van der Waals surface area contributed by atoms with E-state index < -0.39 is 0 Å². The molecule has 0 aliphatic carbocycles. The number of hydrogen-bond acceptors (Lipinski definition) is 3. The van der Waals surface area contributed by atoms with Crippen molar-refractivity contribution in [1.29, 1.82) is 0 Å². The summed E-state index contributed by atoms with van der Waals surface area (Å²) in [6.07, 6.45) is 2.31. The van der Waals surface area contributed by atoms with E-state index in [0.29, 0.717) is 5.56 Å². The zero-order valence-corrected chi connectivity index (χ0v) is 9.10. The van der Waals surface area contributed by atoms with Crippen molar-refractivity contribution in [2.45, 2.75) is 19.1 Å². The Morgan fingerprint density at radius 2 is 2.07 bits per heavy atom. The van der Waals surface area contributed by atoms with Gasteiger partial charge in [-0.25, -0.2) is 0 Å². The third kappa shape index (κ3) is 3.81. The third-order valence-electron chi connectivity index (χ3n) is 2.28. The lowest BCUT2D eigenvalue weighted by atomic mass is 10.1. The average molecular weight is 208 g/mol. The second kappa shape index (κ2) is 6.32. The Kier molecular flexibility index (Phi) is 5.01. The highest BCUT2D eigenvalue weighted by molar-refractivity contribution is 5.74. The van der Waals surface area contributed by atoms with Gasteiger partial charge in [0, 0.05) is 26.2 Å². The van der Waals surface area contributed by atoms with Crippen molar-refractivity contribution >= 4 is 6.29 Å². The second-order valence-corrected chi connectivity index (χ2v) is 3.30. The van der Waals surface area contributed by atoms with E-state index in [9.17, 15) is 4.79 Å². The van der Waals surface area contributed by atoms with Crippen molar-refractivity contribution in [3.8, 4) is 0 Å². The number of hydrogen-bond donors (Lipinski definition) is 0. The number of aryl methyl sites for hydroxylation is 1. The lowest BCUT2D eigenvalue weighted by Crippen LogP contribution is -2.13. The Bertz CT molecular complexity index is 305. The van der Waals surface area contributed by atoms with Crippen molar-refractivity contribution < 1.29 is 14.3 Å². The standard InChI is InChI=1S/C12H16O3/c1-14-12(15-2)7-6-10-4-3-5-11(8-10)9-13/h3-5,8-9,12H,6-7H2,1-2H3. The fraction of sp³-hybridized carbons (Fsp3) is 0.417. The minimum absolute atomic E-state index is 0.176. The number of benzene rings is 1. The number of carbonyl (C=O) groups is 1. The van der Waals surface area contributed by atoms with Gasteiger partial charge in [0.1, 0.15) is 6.29 Å². The molecule has 0 radical (unpaired) electrons. The van der Waals surface area contributed by atoms with Gasteiger partial charge in [0.15, 0.2) is 6.29 Å². The zero-order valence-electron chi connectivity index (χ0n) is 9.10. The Labute approximate surface area is 90.0 Å². The van der Waals surface area contributed by atoms with Crippen molar-refractivity contribution in [2.75, 3.05) is 14.2 Å². The van der Waals surface area contributed by atoms with E-state index in [2.05, 4.69) is 0 Å². The summed E-state index contributed by atoms with van der Waals surface area (Å²) in [6, 6.07) is 7.55. The first kappa shape index (κ1) is 11.9. The van der Waals surface area contributed by atoms with E-state index in [-0.39, 0.29) is 6.29 Å². The fourth-order valence-corrected chi connectivity index (χ4v) is 1.44. The number of aldehydes is 1. The molecule has 0 saturated carbocycles. The van der Waals surface area contributed by atoms with Crippen molar-refractivity contribution in [3.63, 3.8) is 0 Å². The van der Waals surface area contributed by atoms with E-state index in [1.54, 1.807) is 20.3 Å². The van der Waals surface area contributed by atoms with Crippen LogP contribution in [-0.2, 0) is 15.9 Å². The van der Waals surface area contributed by atoms with Gasteiger partial charge in [0.25, 0.3) is 0 Å². The molecular formula is C12H16O3. The van der Waals surface area contributed by atoms with Gasteiger partial charge in [-0.2, -0.15) is 0 Å². The summed E-state index contributed by atoms with van der Waals surface area (Å²) >= 11 is 0. The summed E-state index contributed by atoms with van der Waals surface area (Å²) < 4.78 is 10.2. The molecule has 3 nitrogen and oxygen atoms in total. The maximum atomic E-state index is 10.6. The number of carbonyl (C=O) groups excluding carboxylic acids is 1. The molecule has 0 heterocycles. The molecule has 0 atom stereocenters. The molecule has 15 heavy (non-hydrogen) atoms. The smallest absolute Gasteiger partial charge is 0.157 e. The Morgan fingerprint density at radius 1 is 1.33 bits per heavy atom. The van der Waals surface area contributed by atoms with E-state index in [1.165, 1.54) is 0 Å². The molecule has 3 heteroatoms. The van der Waals surface area contributed by atoms with E-state index in [1.807, 2.05) is 18.2 Å². The summed E-state index contributed by atoms with van der Waals surface area (Å²) in [4.78, 5) is 10.6. The summed E-state index contributed by atoms with van der Waals surface area (Å²) in [7, 11) is 3.24.